The fourth-order valence-corrected chi connectivity index (χ4v) is 2.70. The SMILES string of the molecule is CCCCCCCCS(=O)(=O)OC(=O)C(N)CCC(=O)O.[H-].[H-].[Na+].[Na+]. The third-order valence-corrected chi connectivity index (χ3v) is 4.14. The molecule has 0 rings (SSSR count). The number of hydrogen-bond donors (Lipinski definition) is 2. The second-order valence-corrected chi connectivity index (χ2v) is 6.66. The van der Waals surface area contributed by atoms with Gasteiger partial charge in [-0.05, 0) is 12.8 Å². The van der Waals surface area contributed by atoms with Gasteiger partial charge in [-0.3, -0.25) is 4.79 Å². The molecule has 0 heterocycles. The van der Waals surface area contributed by atoms with E-state index in [4.69, 9.17) is 10.8 Å². The molecule has 0 radical (unpaired) electrons. The van der Waals surface area contributed by atoms with Crippen molar-refractivity contribution >= 4 is 22.1 Å². The molecule has 1 unspecified atom stereocenters. The van der Waals surface area contributed by atoms with Crippen molar-refractivity contribution in [3.8, 4) is 0 Å². The molecule has 3 N–H and O–H groups in total. The topological polar surface area (TPSA) is 124 Å². The van der Waals surface area contributed by atoms with Crippen LogP contribution in [0.3, 0.4) is 0 Å². The number of hydrogen-bond acceptors (Lipinski definition) is 6. The van der Waals surface area contributed by atoms with E-state index in [-0.39, 0.29) is 80.6 Å². The van der Waals surface area contributed by atoms with Crippen molar-refractivity contribution in [3.63, 3.8) is 0 Å². The first kappa shape index (κ1) is 28.6. The van der Waals surface area contributed by atoms with Crippen molar-refractivity contribution in [3.05, 3.63) is 0 Å². The van der Waals surface area contributed by atoms with Crippen LogP contribution in [0.25, 0.3) is 0 Å². The van der Waals surface area contributed by atoms with Gasteiger partial charge >= 0.3 is 81.2 Å². The van der Waals surface area contributed by atoms with Crippen LogP contribution in [0.2, 0.25) is 0 Å². The van der Waals surface area contributed by atoms with E-state index in [9.17, 15) is 18.0 Å². The monoisotopic (exact) mass is 371 g/mol. The average molecular weight is 371 g/mol. The van der Waals surface area contributed by atoms with E-state index in [1.54, 1.807) is 0 Å². The molecule has 0 fully saturated rings. The van der Waals surface area contributed by atoms with Gasteiger partial charge in [-0.25, -0.2) is 4.79 Å². The largest absolute Gasteiger partial charge is 1.00 e. The summed E-state index contributed by atoms with van der Waals surface area (Å²) in [6.07, 6.45) is 5.00. The van der Waals surface area contributed by atoms with Gasteiger partial charge in [-0.2, -0.15) is 8.42 Å². The molecule has 0 saturated heterocycles. The normalized spacial score (nSPS) is 11.7. The molecule has 0 aliphatic rings. The zero-order valence-electron chi connectivity index (χ0n) is 16.4. The predicted octanol–water partition coefficient (Wildman–Crippen LogP) is -4.35. The average Bonchev–Trinajstić information content (AvgIpc) is 2.39. The third-order valence-electron chi connectivity index (χ3n) is 2.93. The molecule has 1 atom stereocenters. The van der Waals surface area contributed by atoms with E-state index < -0.39 is 28.1 Å². The van der Waals surface area contributed by atoms with Crippen molar-refractivity contribution in [2.24, 2.45) is 5.73 Å². The number of carboxylic acids is 1. The van der Waals surface area contributed by atoms with E-state index in [1.807, 2.05) is 0 Å². The van der Waals surface area contributed by atoms with Crippen LogP contribution in [0, 0.1) is 0 Å². The Balaban J connectivity index is -0.000000333. The summed E-state index contributed by atoms with van der Waals surface area (Å²) in [5.74, 6) is -2.42. The Kier molecular flexibility index (Phi) is 20.3. The van der Waals surface area contributed by atoms with Gasteiger partial charge in [0.2, 0.25) is 0 Å². The van der Waals surface area contributed by atoms with Crippen LogP contribution in [0.5, 0.6) is 0 Å². The summed E-state index contributed by atoms with van der Waals surface area (Å²) in [6.45, 7) is 2.09. The van der Waals surface area contributed by atoms with Gasteiger partial charge in [0.1, 0.15) is 6.04 Å². The summed E-state index contributed by atoms with van der Waals surface area (Å²) in [5.41, 5.74) is 5.38. The molecule has 0 aromatic heterocycles. The Morgan fingerprint density at radius 2 is 1.65 bits per heavy atom. The maximum absolute atomic E-state index is 11.6. The quantitative estimate of drug-likeness (QED) is 0.202. The minimum absolute atomic E-state index is 0. The van der Waals surface area contributed by atoms with Crippen LogP contribution in [0.1, 0.15) is 61.1 Å². The standard InChI is InChI=1S/C13H25NO6S.2Na.2H/c1-2-3-4-5-6-7-10-21(18,19)20-13(17)11(14)8-9-12(15)16;;;;/h11H,2-10,14H2,1H3,(H,15,16);;;;/q;2*+1;2*-1. The van der Waals surface area contributed by atoms with Crippen LogP contribution in [-0.2, 0) is 23.9 Å². The number of unbranched alkanes of at least 4 members (excludes halogenated alkanes) is 5. The Bertz CT molecular complexity index is 440. The molecular weight excluding hydrogens is 344 g/mol. The molecule has 7 nitrogen and oxygen atoms in total. The molecule has 0 spiro atoms. The van der Waals surface area contributed by atoms with Crippen LogP contribution in [-0.4, -0.2) is 37.3 Å². The zero-order chi connectivity index (χ0) is 16.3. The zero-order valence-corrected chi connectivity index (χ0v) is 19.2. The van der Waals surface area contributed by atoms with Gasteiger partial charge < -0.3 is 17.9 Å². The Labute approximate surface area is 185 Å². The first-order valence-corrected chi connectivity index (χ1v) is 8.79. The molecule has 0 amide bonds. The molecule has 0 bridgehead atoms. The summed E-state index contributed by atoms with van der Waals surface area (Å²) in [6, 6.07) is -1.24. The number of aliphatic carboxylic acids is 1. The fourth-order valence-electron chi connectivity index (χ4n) is 1.68. The number of carbonyl (C=O) groups excluding carboxylic acids is 1. The van der Waals surface area contributed by atoms with E-state index in [2.05, 4.69) is 11.1 Å². The molecule has 10 heteroatoms. The van der Waals surface area contributed by atoms with Crippen molar-refractivity contribution in [2.45, 2.75) is 64.3 Å². The predicted molar refractivity (Wildman–Crippen MR) is 80.3 cm³/mol. The fraction of sp³-hybridized carbons (Fsp3) is 0.846. The van der Waals surface area contributed by atoms with E-state index in [0.29, 0.717) is 6.42 Å². The Hall–Kier alpha value is 0.850. The first-order valence-electron chi connectivity index (χ1n) is 7.22. The van der Waals surface area contributed by atoms with Crippen molar-refractivity contribution in [2.75, 3.05) is 5.75 Å². The number of carbonyl (C=O) groups is 2. The minimum Gasteiger partial charge on any atom is -1.00 e. The first-order chi connectivity index (χ1) is 9.78. The van der Waals surface area contributed by atoms with E-state index in [0.717, 1.165) is 32.1 Å². The number of rotatable bonds is 12. The second-order valence-electron chi connectivity index (χ2n) is 4.97. The summed E-state index contributed by atoms with van der Waals surface area (Å²) < 4.78 is 27.5. The molecule has 0 saturated carbocycles. The molecule has 0 aromatic carbocycles. The van der Waals surface area contributed by atoms with Crippen molar-refractivity contribution < 1.29 is 89.3 Å². The Morgan fingerprint density at radius 1 is 1.13 bits per heavy atom. The molecule has 0 aromatic rings. The van der Waals surface area contributed by atoms with Crippen LogP contribution in [0.15, 0.2) is 0 Å². The van der Waals surface area contributed by atoms with Gasteiger partial charge in [-0.1, -0.05) is 39.0 Å². The minimum atomic E-state index is -3.93. The third kappa shape index (κ3) is 17.5. The van der Waals surface area contributed by atoms with Gasteiger partial charge in [0, 0.05) is 6.42 Å². The summed E-state index contributed by atoms with van der Waals surface area (Å²) in [5, 5.41) is 8.46. The van der Waals surface area contributed by atoms with Gasteiger partial charge in [0.25, 0.3) is 0 Å². The van der Waals surface area contributed by atoms with E-state index in [1.165, 1.54) is 0 Å². The van der Waals surface area contributed by atoms with Crippen LogP contribution in [0.4, 0.5) is 0 Å². The smallest absolute Gasteiger partial charge is 1.00 e. The molecule has 23 heavy (non-hydrogen) atoms. The van der Waals surface area contributed by atoms with Crippen LogP contribution >= 0.6 is 0 Å². The number of carboxylic acid groups (broad SMARTS) is 1. The van der Waals surface area contributed by atoms with E-state index >= 15 is 0 Å². The van der Waals surface area contributed by atoms with Gasteiger partial charge in [-0.15, -0.1) is 0 Å². The number of nitrogens with two attached hydrogens (primary N) is 1. The van der Waals surface area contributed by atoms with Crippen molar-refractivity contribution in [1.82, 2.24) is 0 Å². The molecule has 128 valence electrons. The Morgan fingerprint density at radius 3 is 2.17 bits per heavy atom. The second kappa shape index (κ2) is 16.3. The summed E-state index contributed by atoms with van der Waals surface area (Å²) in [7, 11) is -3.93. The summed E-state index contributed by atoms with van der Waals surface area (Å²) >= 11 is 0. The van der Waals surface area contributed by atoms with Crippen molar-refractivity contribution in [1.29, 1.82) is 0 Å². The molecule has 0 aliphatic carbocycles. The maximum Gasteiger partial charge on any atom is 1.00 e. The van der Waals surface area contributed by atoms with Gasteiger partial charge in [0.15, 0.2) is 0 Å². The molecular formula is C13H27NNa2O6S. The van der Waals surface area contributed by atoms with Crippen LogP contribution < -0.4 is 64.8 Å². The maximum atomic E-state index is 11.6. The molecule has 0 aliphatic heterocycles. The summed E-state index contributed by atoms with van der Waals surface area (Å²) in [4.78, 5) is 21.8. The van der Waals surface area contributed by atoms with Gasteiger partial charge in [0.05, 0.1) is 5.75 Å².